The Morgan fingerprint density at radius 1 is 1.07 bits per heavy atom. The Morgan fingerprint density at radius 3 is 2.53 bits per heavy atom. The maximum absolute atomic E-state index is 13.0. The summed E-state index contributed by atoms with van der Waals surface area (Å²) < 4.78 is 25.7. The molecule has 0 amide bonds. The molecule has 0 aromatic heterocycles. The third-order valence-corrected chi connectivity index (χ3v) is 2.36. The second kappa shape index (κ2) is 3.99. The Balaban J connectivity index is 2.55. The molecule has 0 spiro atoms. The molecule has 0 nitrogen and oxygen atoms in total. The second-order valence-electron chi connectivity index (χ2n) is 3.03. The van der Waals surface area contributed by atoms with Crippen LogP contribution in [0.15, 0.2) is 36.4 Å². The Kier molecular flexibility index (Phi) is 2.69. The van der Waals surface area contributed by atoms with Crippen molar-refractivity contribution in [2.45, 2.75) is 0 Å². The van der Waals surface area contributed by atoms with E-state index in [4.69, 9.17) is 11.6 Å². The lowest BCUT2D eigenvalue weighted by molar-refractivity contribution is 0.509. The van der Waals surface area contributed by atoms with Crippen molar-refractivity contribution < 1.29 is 8.78 Å². The van der Waals surface area contributed by atoms with Crippen LogP contribution in [-0.2, 0) is 0 Å². The molecule has 2 rings (SSSR count). The zero-order chi connectivity index (χ0) is 10.8. The van der Waals surface area contributed by atoms with E-state index in [0.717, 1.165) is 12.1 Å². The quantitative estimate of drug-likeness (QED) is 0.683. The van der Waals surface area contributed by atoms with Gasteiger partial charge >= 0.3 is 0 Å². The van der Waals surface area contributed by atoms with Crippen molar-refractivity contribution in [2.24, 2.45) is 0 Å². The highest BCUT2D eigenvalue weighted by Gasteiger charge is 2.06. The summed E-state index contributed by atoms with van der Waals surface area (Å²) >= 11 is 5.90. The number of halogens is 3. The van der Waals surface area contributed by atoms with Crippen LogP contribution in [0.3, 0.4) is 0 Å². The summed E-state index contributed by atoms with van der Waals surface area (Å²) in [6.45, 7) is 0. The maximum atomic E-state index is 13.0. The Bertz CT molecular complexity index is 495. The van der Waals surface area contributed by atoms with E-state index in [0.29, 0.717) is 16.1 Å². The molecule has 2 aromatic rings. The van der Waals surface area contributed by atoms with Crippen LogP contribution in [-0.4, -0.2) is 0 Å². The molecule has 0 atom stereocenters. The number of hydrogen-bond donors (Lipinski definition) is 0. The molecule has 2 aromatic carbocycles. The van der Waals surface area contributed by atoms with Gasteiger partial charge in [-0.1, -0.05) is 29.8 Å². The van der Waals surface area contributed by atoms with Crippen LogP contribution in [0.2, 0.25) is 5.02 Å². The Morgan fingerprint density at radius 2 is 1.87 bits per heavy atom. The molecule has 0 unspecified atom stereocenters. The molecule has 3 heteroatoms. The topological polar surface area (TPSA) is 0 Å². The molecule has 0 aliphatic carbocycles. The van der Waals surface area contributed by atoms with Gasteiger partial charge in [0.15, 0.2) is 11.6 Å². The van der Waals surface area contributed by atoms with E-state index in [1.54, 1.807) is 18.2 Å². The van der Waals surface area contributed by atoms with E-state index in [1.807, 2.05) is 0 Å². The summed E-state index contributed by atoms with van der Waals surface area (Å²) in [6, 6.07) is 11.4. The smallest absolute Gasteiger partial charge is 0.159 e. The molecule has 0 N–H and O–H groups in total. The Labute approximate surface area is 91.1 Å². The summed E-state index contributed by atoms with van der Waals surface area (Å²) in [5, 5.41) is 0.462. The van der Waals surface area contributed by atoms with Crippen LogP contribution < -0.4 is 0 Å². The zero-order valence-electron chi connectivity index (χ0n) is 7.60. The van der Waals surface area contributed by atoms with E-state index < -0.39 is 11.6 Å². The van der Waals surface area contributed by atoms with Gasteiger partial charge in [-0.15, -0.1) is 0 Å². The predicted molar refractivity (Wildman–Crippen MR) is 55.6 cm³/mol. The standard InChI is InChI=1S/C12H6ClF2/c13-10-4-2-1-3-9(10)8-5-6-11(14)12(15)7-8/h1,3-7H. The summed E-state index contributed by atoms with van der Waals surface area (Å²) in [5.41, 5.74) is 1.21. The van der Waals surface area contributed by atoms with Crippen molar-refractivity contribution in [2.75, 3.05) is 0 Å². The normalized spacial score (nSPS) is 10.3. The first-order valence-corrected chi connectivity index (χ1v) is 4.67. The lowest BCUT2D eigenvalue weighted by Crippen LogP contribution is -1.85. The molecular formula is C12H6ClF2. The molecule has 0 saturated heterocycles. The molecule has 0 aliphatic rings. The lowest BCUT2D eigenvalue weighted by atomic mass is 10.1. The zero-order valence-corrected chi connectivity index (χ0v) is 8.35. The van der Waals surface area contributed by atoms with E-state index in [2.05, 4.69) is 6.07 Å². The average Bonchev–Trinajstić information content (AvgIpc) is 2.23. The first kappa shape index (κ1) is 10.1. The average molecular weight is 224 g/mol. The van der Waals surface area contributed by atoms with Crippen molar-refractivity contribution in [3.8, 4) is 11.1 Å². The van der Waals surface area contributed by atoms with Gasteiger partial charge in [0.25, 0.3) is 0 Å². The summed E-state index contributed by atoms with van der Waals surface area (Å²) in [4.78, 5) is 0. The third kappa shape index (κ3) is 2.00. The van der Waals surface area contributed by atoms with Crippen molar-refractivity contribution in [3.05, 3.63) is 59.1 Å². The first-order valence-electron chi connectivity index (χ1n) is 4.29. The van der Waals surface area contributed by atoms with Crippen LogP contribution in [0.4, 0.5) is 8.78 Å². The van der Waals surface area contributed by atoms with Crippen LogP contribution in [0.25, 0.3) is 11.1 Å². The fourth-order valence-corrected chi connectivity index (χ4v) is 1.54. The van der Waals surface area contributed by atoms with Gasteiger partial charge in [0.2, 0.25) is 0 Å². The van der Waals surface area contributed by atoms with Crippen molar-refractivity contribution in [3.63, 3.8) is 0 Å². The molecule has 0 saturated carbocycles. The van der Waals surface area contributed by atoms with E-state index in [-0.39, 0.29) is 0 Å². The fraction of sp³-hybridized carbons (Fsp3) is 0. The minimum atomic E-state index is -0.878. The van der Waals surface area contributed by atoms with Gasteiger partial charge in [-0.05, 0) is 29.8 Å². The molecule has 1 radical (unpaired) electrons. The minimum absolute atomic E-state index is 0.462. The molecule has 0 aliphatic heterocycles. The Hall–Kier alpha value is -1.41. The molecular weight excluding hydrogens is 218 g/mol. The molecule has 0 heterocycles. The van der Waals surface area contributed by atoms with Crippen LogP contribution in [0.5, 0.6) is 0 Å². The summed E-state index contributed by atoms with van der Waals surface area (Å²) in [6.07, 6.45) is 0. The van der Waals surface area contributed by atoms with E-state index in [9.17, 15) is 8.78 Å². The van der Waals surface area contributed by atoms with E-state index >= 15 is 0 Å². The lowest BCUT2D eigenvalue weighted by Gasteiger charge is -2.04. The second-order valence-corrected chi connectivity index (χ2v) is 3.44. The van der Waals surface area contributed by atoms with Gasteiger partial charge in [0, 0.05) is 10.6 Å². The van der Waals surface area contributed by atoms with Crippen molar-refractivity contribution in [1.82, 2.24) is 0 Å². The predicted octanol–water partition coefficient (Wildman–Crippen LogP) is 4.09. The molecule has 15 heavy (non-hydrogen) atoms. The highest BCUT2D eigenvalue weighted by molar-refractivity contribution is 6.33. The third-order valence-electron chi connectivity index (χ3n) is 2.04. The molecule has 0 bridgehead atoms. The highest BCUT2D eigenvalue weighted by Crippen LogP contribution is 2.28. The molecule has 75 valence electrons. The largest absolute Gasteiger partial charge is 0.204 e. The number of hydrogen-bond acceptors (Lipinski definition) is 0. The van der Waals surface area contributed by atoms with Gasteiger partial charge in [-0.3, -0.25) is 0 Å². The van der Waals surface area contributed by atoms with Gasteiger partial charge in [-0.25, -0.2) is 8.78 Å². The number of benzene rings is 2. The monoisotopic (exact) mass is 223 g/mol. The summed E-state index contributed by atoms with van der Waals surface area (Å²) in [5.74, 6) is -1.74. The highest BCUT2D eigenvalue weighted by atomic mass is 35.5. The SMILES string of the molecule is Fc1ccc(-c2cc[c]cc2Cl)cc1F. The number of rotatable bonds is 1. The van der Waals surface area contributed by atoms with Gasteiger partial charge in [0.05, 0.1) is 0 Å². The summed E-state index contributed by atoms with van der Waals surface area (Å²) in [7, 11) is 0. The van der Waals surface area contributed by atoms with E-state index in [1.165, 1.54) is 6.07 Å². The van der Waals surface area contributed by atoms with Gasteiger partial charge in [-0.2, -0.15) is 0 Å². The van der Waals surface area contributed by atoms with Crippen molar-refractivity contribution >= 4 is 11.6 Å². The molecule has 0 fully saturated rings. The minimum Gasteiger partial charge on any atom is -0.204 e. The van der Waals surface area contributed by atoms with Gasteiger partial charge in [0.1, 0.15) is 0 Å². The maximum Gasteiger partial charge on any atom is 0.159 e. The van der Waals surface area contributed by atoms with Gasteiger partial charge < -0.3 is 0 Å². The van der Waals surface area contributed by atoms with Crippen LogP contribution in [0, 0.1) is 17.7 Å². The van der Waals surface area contributed by atoms with Crippen LogP contribution >= 0.6 is 11.6 Å². The van der Waals surface area contributed by atoms with Crippen molar-refractivity contribution in [1.29, 1.82) is 0 Å². The van der Waals surface area contributed by atoms with Crippen LogP contribution in [0.1, 0.15) is 0 Å². The fourth-order valence-electron chi connectivity index (χ4n) is 1.31. The first-order chi connectivity index (χ1) is 7.18.